The van der Waals surface area contributed by atoms with E-state index in [0.717, 1.165) is 6.07 Å². The van der Waals surface area contributed by atoms with E-state index in [-0.39, 0.29) is 12.3 Å². The second kappa shape index (κ2) is 8.07. The Bertz CT molecular complexity index is 732. The van der Waals surface area contributed by atoms with E-state index < -0.39 is 17.6 Å². The molecule has 0 fully saturated rings. The number of benzene rings is 2. The fraction of sp³-hybridized carbons (Fsp3) is 0.176. The molecule has 0 aromatic heterocycles. The largest absolute Gasteiger partial charge is 0.489 e. The van der Waals surface area contributed by atoms with Gasteiger partial charge in [0, 0.05) is 24.3 Å². The lowest BCUT2D eigenvalue weighted by molar-refractivity contribution is 0.0995. The third kappa shape index (κ3) is 4.53. The minimum atomic E-state index is -0.582. The molecule has 0 aliphatic heterocycles. The molecule has 3 N–H and O–H groups in total. The average molecular weight is 332 g/mol. The Morgan fingerprint density at radius 3 is 2.38 bits per heavy atom. The second-order valence-corrected chi connectivity index (χ2v) is 4.88. The monoisotopic (exact) mass is 332 g/mol. The number of methoxy groups -OCH3 is 1. The third-order valence-electron chi connectivity index (χ3n) is 3.17. The van der Waals surface area contributed by atoms with Gasteiger partial charge in [0.05, 0.1) is 12.3 Å². The zero-order chi connectivity index (χ0) is 17.5. The lowest BCUT2D eigenvalue weighted by atomic mass is 10.1. The molecule has 2 aromatic carbocycles. The van der Waals surface area contributed by atoms with Crippen LogP contribution in [0.2, 0.25) is 0 Å². The quantitative estimate of drug-likeness (QED) is 0.761. The van der Waals surface area contributed by atoms with Crippen molar-refractivity contribution in [2.24, 2.45) is 5.73 Å². The molecule has 0 saturated heterocycles. The number of hydrogen-bond acceptors (Lipinski definition) is 4. The van der Waals surface area contributed by atoms with Gasteiger partial charge in [-0.05, 0) is 36.4 Å². The summed E-state index contributed by atoms with van der Waals surface area (Å²) in [5.74, 6) is -1.22. The van der Waals surface area contributed by atoms with Crippen molar-refractivity contribution in [1.29, 1.82) is 0 Å². The van der Waals surface area contributed by atoms with E-state index in [1.807, 2.05) is 0 Å². The summed E-state index contributed by atoms with van der Waals surface area (Å²) in [7, 11) is 1.53. The summed E-state index contributed by atoms with van der Waals surface area (Å²) >= 11 is 0. The molecule has 2 aromatic rings. The number of hydrogen-bond donors (Lipinski definition) is 2. The van der Waals surface area contributed by atoms with Gasteiger partial charge in [-0.2, -0.15) is 0 Å². The van der Waals surface area contributed by atoms with Crippen LogP contribution < -0.4 is 15.8 Å². The number of ether oxygens (including phenoxy) is 2. The van der Waals surface area contributed by atoms with Crippen molar-refractivity contribution < 1.29 is 23.5 Å². The molecule has 0 aliphatic rings. The molecule has 0 bridgehead atoms. The normalized spacial score (nSPS) is 10.2. The second-order valence-electron chi connectivity index (χ2n) is 4.88. The maximum absolute atomic E-state index is 13.4. The van der Waals surface area contributed by atoms with Crippen molar-refractivity contribution >= 4 is 17.5 Å². The predicted molar refractivity (Wildman–Crippen MR) is 86.7 cm³/mol. The number of carbonyl (C=O) groups is 2. The van der Waals surface area contributed by atoms with Gasteiger partial charge in [0.1, 0.15) is 18.2 Å². The summed E-state index contributed by atoms with van der Waals surface area (Å²) in [4.78, 5) is 23.3. The first kappa shape index (κ1) is 17.4. The van der Waals surface area contributed by atoms with E-state index in [4.69, 9.17) is 15.2 Å². The van der Waals surface area contributed by atoms with E-state index in [0.29, 0.717) is 23.5 Å². The zero-order valence-corrected chi connectivity index (χ0v) is 13.0. The van der Waals surface area contributed by atoms with Crippen LogP contribution in [0.3, 0.4) is 0 Å². The number of halogens is 1. The summed E-state index contributed by atoms with van der Waals surface area (Å²) < 4.78 is 23.8. The lowest BCUT2D eigenvalue weighted by Crippen LogP contribution is -2.15. The van der Waals surface area contributed by atoms with Crippen LogP contribution in [0.1, 0.15) is 20.7 Å². The van der Waals surface area contributed by atoms with Gasteiger partial charge in [0.25, 0.3) is 5.91 Å². The van der Waals surface area contributed by atoms with Crippen molar-refractivity contribution in [3.8, 4) is 5.75 Å². The Morgan fingerprint density at radius 1 is 1.08 bits per heavy atom. The fourth-order valence-electron chi connectivity index (χ4n) is 1.94. The molecule has 2 rings (SSSR count). The smallest absolute Gasteiger partial charge is 0.255 e. The van der Waals surface area contributed by atoms with Crippen LogP contribution in [0.5, 0.6) is 5.75 Å². The van der Waals surface area contributed by atoms with Gasteiger partial charge in [-0.1, -0.05) is 0 Å². The molecular weight excluding hydrogens is 315 g/mol. The fourth-order valence-corrected chi connectivity index (χ4v) is 1.94. The summed E-state index contributed by atoms with van der Waals surface area (Å²) in [5.41, 5.74) is 5.94. The first-order chi connectivity index (χ1) is 11.5. The molecular formula is C17H17FN2O4. The number of nitrogens with one attached hydrogen (secondary N) is 1. The van der Waals surface area contributed by atoms with Gasteiger partial charge >= 0.3 is 0 Å². The summed E-state index contributed by atoms with van der Waals surface area (Å²) in [6, 6.07) is 9.63. The van der Waals surface area contributed by atoms with Gasteiger partial charge in [-0.15, -0.1) is 0 Å². The van der Waals surface area contributed by atoms with Crippen LogP contribution in [0.15, 0.2) is 42.5 Å². The van der Waals surface area contributed by atoms with E-state index in [1.54, 1.807) is 0 Å². The highest BCUT2D eigenvalue weighted by Gasteiger charge is 2.12. The number of rotatable bonds is 7. The number of carbonyl (C=O) groups excluding carboxylic acids is 2. The lowest BCUT2D eigenvalue weighted by Gasteiger charge is -2.12. The first-order valence-electron chi connectivity index (χ1n) is 7.14. The molecule has 0 spiro atoms. The summed E-state index contributed by atoms with van der Waals surface area (Å²) in [5, 5.41) is 2.58. The summed E-state index contributed by atoms with van der Waals surface area (Å²) in [6.07, 6.45) is 0. The molecule has 0 radical (unpaired) electrons. The highest BCUT2D eigenvalue weighted by atomic mass is 19.1. The van der Waals surface area contributed by atoms with Crippen molar-refractivity contribution in [3.05, 3.63) is 59.4 Å². The van der Waals surface area contributed by atoms with E-state index in [9.17, 15) is 14.0 Å². The first-order valence-corrected chi connectivity index (χ1v) is 7.14. The number of anilines is 1. The Kier molecular flexibility index (Phi) is 5.86. The molecule has 0 aliphatic carbocycles. The molecule has 0 atom stereocenters. The van der Waals surface area contributed by atoms with Crippen LogP contribution in [0, 0.1) is 5.82 Å². The van der Waals surface area contributed by atoms with Crippen molar-refractivity contribution in [2.75, 3.05) is 25.6 Å². The van der Waals surface area contributed by atoms with E-state index >= 15 is 0 Å². The van der Waals surface area contributed by atoms with Gasteiger partial charge in [0.2, 0.25) is 5.91 Å². The maximum Gasteiger partial charge on any atom is 0.255 e. The molecule has 126 valence electrons. The highest BCUT2D eigenvalue weighted by molar-refractivity contribution is 6.05. The molecule has 2 amide bonds. The molecule has 24 heavy (non-hydrogen) atoms. The maximum atomic E-state index is 13.4. The Morgan fingerprint density at radius 2 is 1.75 bits per heavy atom. The average Bonchev–Trinajstić information content (AvgIpc) is 2.57. The van der Waals surface area contributed by atoms with Gasteiger partial charge in [-0.3, -0.25) is 9.59 Å². The van der Waals surface area contributed by atoms with Crippen molar-refractivity contribution in [1.82, 2.24) is 0 Å². The third-order valence-corrected chi connectivity index (χ3v) is 3.17. The number of amides is 2. The molecule has 7 heteroatoms. The van der Waals surface area contributed by atoms with Crippen molar-refractivity contribution in [2.45, 2.75) is 0 Å². The summed E-state index contributed by atoms with van der Waals surface area (Å²) in [6.45, 7) is 0.623. The van der Waals surface area contributed by atoms with Crippen molar-refractivity contribution in [3.63, 3.8) is 0 Å². The zero-order valence-electron chi connectivity index (χ0n) is 13.0. The predicted octanol–water partition coefficient (Wildman–Crippen LogP) is 2.20. The molecule has 0 heterocycles. The minimum Gasteiger partial charge on any atom is -0.489 e. The molecule has 0 unspecified atom stereocenters. The van der Waals surface area contributed by atoms with Crippen LogP contribution in [-0.2, 0) is 4.74 Å². The van der Waals surface area contributed by atoms with Gasteiger partial charge < -0.3 is 20.5 Å². The topological polar surface area (TPSA) is 90.7 Å². The molecule has 6 nitrogen and oxygen atoms in total. The van der Waals surface area contributed by atoms with Gasteiger partial charge in [0.15, 0.2) is 0 Å². The Labute approximate surface area is 138 Å². The SMILES string of the molecule is COCCOc1ccc(F)cc1NC(=O)c1ccc(C(N)=O)cc1. The number of primary amides is 1. The van der Waals surface area contributed by atoms with Crippen LogP contribution in [0.25, 0.3) is 0 Å². The minimum absolute atomic E-state index is 0.204. The van der Waals surface area contributed by atoms with Crippen LogP contribution >= 0.6 is 0 Å². The molecule has 0 saturated carbocycles. The highest BCUT2D eigenvalue weighted by Crippen LogP contribution is 2.26. The van der Waals surface area contributed by atoms with Gasteiger partial charge in [-0.25, -0.2) is 4.39 Å². The van der Waals surface area contributed by atoms with Crippen LogP contribution in [0.4, 0.5) is 10.1 Å². The van der Waals surface area contributed by atoms with E-state index in [2.05, 4.69) is 5.32 Å². The Balaban J connectivity index is 2.15. The standard InChI is InChI=1S/C17H17FN2O4/c1-23-8-9-24-15-7-6-13(18)10-14(15)20-17(22)12-4-2-11(3-5-12)16(19)21/h2-7,10H,8-9H2,1H3,(H2,19,21)(H,20,22). The van der Waals surface area contributed by atoms with Crippen LogP contribution in [-0.4, -0.2) is 32.1 Å². The van der Waals surface area contributed by atoms with E-state index in [1.165, 1.54) is 43.5 Å². The number of nitrogens with two attached hydrogens (primary N) is 1. The Hall–Kier alpha value is -2.93.